The predicted octanol–water partition coefficient (Wildman–Crippen LogP) is 3.76. The summed E-state index contributed by atoms with van der Waals surface area (Å²) in [7, 11) is 0. The number of amides is 1. The number of halogens is 1. The molecule has 1 amide bonds. The van der Waals surface area contributed by atoms with E-state index in [9.17, 15) is 4.79 Å². The van der Waals surface area contributed by atoms with Crippen LogP contribution in [0.25, 0.3) is 11.0 Å². The number of nitrogens with one attached hydrogen (secondary N) is 1. The van der Waals surface area contributed by atoms with E-state index in [2.05, 4.69) is 20.2 Å². The lowest BCUT2D eigenvalue weighted by atomic mass is 9.97. The van der Waals surface area contributed by atoms with E-state index in [4.69, 9.17) is 8.83 Å². The molecule has 1 N–H and O–H groups in total. The van der Waals surface area contributed by atoms with E-state index >= 15 is 4.39 Å². The molecule has 4 heterocycles. The van der Waals surface area contributed by atoms with Crippen LogP contribution in [-0.2, 0) is 11.8 Å². The molecule has 30 heavy (non-hydrogen) atoms. The highest BCUT2D eigenvalue weighted by atomic mass is 19.1. The summed E-state index contributed by atoms with van der Waals surface area (Å²) in [6, 6.07) is 6.00. The number of imidazole rings is 1. The molecule has 154 valence electrons. The van der Waals surface area contributed by atoms with Crippen molar-refractivity contribution in [3.8, 4) is 0 Å². The number of carbonyl (C=O) groups is 1. The van der Waals surface area contributed by atoms with E-state index < -0.39 is 23.2 Å². The van der Waals surface area contributed by atoms with Crippen LogP contribution in [-0.4, -0.2) is 37.5 Å². The average Bonchev–Trinajstić information content (AvgIpc) is 3.45. The summed E-state index contributed by atoms with van der Waals surface area (Å²) in [5.74, 6) is -0.745. The van der Waals surface area contributed by atoms with Gasteiger partial charge in [0.05, 0.1) is 17.4 Å². The van der Waals surface area contributed by atoms with Gasteiger partial charge in [0.2, 0.25) is 5.89 Å². The molecule has 0 fully saturated rings. The largest absolute Gasteiger partial charge is 0.455 e. The highest BCUT2D eigenvalue weighted by Gasteiger charge is 2.40. The van der Waals surface area contributed by atoms with E-state index in [1.807, 2.05) is 20.8 Å². The van der Waals surface area contributed by atoms with E-state index in [0.717, 1.165) is 5.69 Å². The molecule has 3 aromatic heterocycles. The van der Waals surface area contributed by atoms with Gasteiger partial charge in [-0.15, -0.1) is 10.2 Å². The Labute approximate surface area is 171 Å². The number of nitrogens with zero attached hydrogens (tertiary/aromatic N) is 4. The minimum atomic E-state index is -0.843. The first-order chi connectivity index (χ1) is 14.3. The Morgan fingerprint density at radius 1 is 1.23 bits per heavy atom. The number of fused-ring (bicyclic) bond motifs is 2. The fraction of sp³-hybridized carbons (Fsp3) is 0.333. The summed E-state index contributed by atoms with van der Waals surface area (Å²) in [6.45, 7) is 6.07. The molecule has 1 aromatic carbocycles. The van der Waals surface area contributed by atoms with Gasteiger partial charge in [0.15, 0.2) is 11.6 Å². The number of furan rings is 1. The third kappa shape index (κ3) is 2.80. The van der Waals surface area contributed by atoms with Gasteiger partial charge >= 0.3 is 11.8 Å². The smallest absolute Gasteiger partial charge is 0.312 e. The number of carbonyl (C=O) groups excluding carboxylic acids is 1. The maximum Gasteiger partial charge on any atom is 0.312 e. The summed E-state index contributed by atoms with van der Waals surface area (Å²) in [5, 5.41) is 8.30. The topological polar surface area (TPSA) is 101 Å². The molecule has 0 spiro atoms. The maximum absolute atomic E-state index is 15.3. The van der Waals surface area contributed by atoms with Crippen molar-refractivity contribution in [1.29, 1.82) is 0 Å². The van der Waals surface area contributed by atoms with Gasteiger partial charge in [-0.25, -0.2) is 9.37 Å². The normalized spacial score (nSPS) is 16.8. The lowest BCUT2D eigenvalue weighted by Gasteiger charge is -2.32. The SMILES string of the molecule is CC(C)(C)c1nnc(C(=O)N2CCc3[nH]cnc3[C@H]2c2oc3ccccc3c2F)o1. The van der Waals surface area contributed by atoms with Crippen LogP contribution in [0.1, 0.15) is 60.5 Å². The van der Waals surface area contributed by atoms with Gasteiger partial charge in [-0.1, -0.05) is 32.9 Å². The number of H-pyrrole nitrogens is 1. The van der Waals surface area contributed by atoms with Gasteiger partial charge in [0.1, 0.15) is 11.6 Å². The van der Waals surface area contributed by atoms with Crippen molar-refractivity contribution in [3.63, 3.8) is 0 Å². The van der Waals surface area contributed by atoms with Crippen molar-refractivity contribution in [2.45, 2.75) is 38.6 Å². The molecular formula is C21H20FN5O3. The maximum atomic E-state index is 15.3. The molecular weight excluding hydrogens is 389 g/mol. The number of aromatic nitrogens is 4. The number of para-hydroxylation sites is 1. The average molecular weight is 409 g/mol. The highest BCUT2D eigenvalue weighted by Crippen LogP contribution is 2.39. The van der Waals surface area contributed by atoms with Crippen molar-refractivity contribution in [3.05, 3.63) is 65.3 Å². The standard InChI is InChI=1S/C21H20FN5O3/c1-21(2,3)20-26-25-18(30-20)19(28)27-9-8-12-15(24-10-23-12)16(27)17-14(22)11-6-4-5-7-13(11)29-17/h4-7,10,16H,8-9H2,1-3H3,(H,23,24)/t16-/m0/s1. The Kier molecular flexibility index (Phi) is 4.02. The second-order valence-electron chi connectivity index (χ2n) is 8.36. The van der Waals surface area contributed by atoms with Gasteiger partial charge < -0.3 is 18.7 Å². The van der Waals surface area contributed by atoms with Crippen molar-refractivity contribution in [2.75, 3.05) is 6.54 Å². The molecule has 8 nitrogen and oxygen atoms in total. The van der Waals surface area contributed by atoms with E-state index in [0.29, 0.717) is 35.5 Å². The number of benzene rings is 1. The van der Waals surface area contributed by atoms with Crippen LogP contribution in [0.5, 0.6) is 0 Å². The van der Waals surface area contributed by atoms with Gasteiger partial charge in [-0.3, -0.25) is 4.79 Å². The summed E-state index contributed by atoms with van der Waals surface area (Å²) in [6.07, 6.45) is 2.08. The van der Waals surface area contributed by atoms with E-state index in [1.54, 1.807) is 24.3 Å². The van der Waals surface area contributed by atoms with Crippen LogP contribution in [0.2, 0.25) is 0 Å². The Hall–Kier alpha value is -3.49. The van der Waals surface area contributed by atoms with Crippen LogP contribution in [0.15, 0.2) is 39.4 Å². The third-order valence-corrected chi connectivity index (χ3v) is 5.24. The molecule has 0 bridgehead atoms. The quantitative estimate of drug-likeness (QED) is 0.541. The zero-order chi connectivity index (χ0) is 21.0. The van der Waals surface area contributed by atoms with E-state index in [-0.39, 0.29) is 11.7 Å². The second kappa shape index (κ2) is 6.51. The fourth-order valence-corrected chi connectivity index (χ4v) is 3.71. The first-order valence-corrected chi connectivity index (χ1v) is 9.68. The third-order valence-electron chi connectivity index (χ3n) is 5.24. The van der Waals surface area contributed by atoms with Crippen LogP contribution in [0.4, 0.5) is 4.39 Å². The molecule has 1 aliphatic rings. The van der Waals surface area contributed by atoms with Crippen LogP contribution < -0.4 is 0 Å². The number of hydrogen-bond donors (Lipinski definition) is 1. The zero-order valence-electron chi connectivity index (χ0n) is 16.8. The Bertz CT molecular complexity index is 1250. The Morgan fingerprint density at radius 3 is 2.77 bits per heavy atom. The Balaban J connectivity index is 1.61. The molecule has 0 radical (unpaired) electrons. The zero-order valence-corrected chi connectivity index (χ0v) is 16.8. The van der Waals surface area contributed by atoms with Gasteiger partial charge in [-0.2, -0.15) is 0 Å². The number of rotatable bonds is 2. The van der Waals surface area contributed by atoms with Crippen LogP contribution in [0.3, 0.4) is 0 Å². The monoisotopic (exact) mass is 409 g/mol. The molecule has 5 rings (SSSR count). The predicted molar refractivity (Wildman–Crippen MR) is 104 cm³/mol. The summed E-state index contributed by atoms with van der Waals surface area (Å²) in [4.78, 5) is 22.2. The molecule has 9 heteroatoms. The molecule has 0 saturated heterocycles. The van der Waals surface area contributed by atoms with Gasteiger partial charge in [-0.05, 0) is 12.1 Å². The van der Waals surface area contributed by atoms with Crippen LogP contribution >= 0.6 is 0 Å². The minimum Gasteiger partial charge on any atom is -0.455 e. The molecule has 0 saturated carbocycles. The summed E-state index contributed by atoms with van der Waals surface area (Å²) in [5.41, 5.74) is 1.40. The lowest BCUT2D eigenvalue weighted by molar-refractivity contribution is 0.0624. The van der Waals surface area contributed by atoms with Gasteiger partial charge in [0.25, 0.3) is 0 Å². The summed E-state index contributed by atoms with van der Waals surface area (Å²) >= 11 is 0. The van der Waals surface area contributed by atoms with Crippen molar-refractivity contribution < 1.29 is 18.0 Å². The van der Waals surface area contributed by atoms with Crippen LogP contribution in [0, 0.1) is 5.82 Å². The fourth-order valence-electron chi connectivity index (χ4n) is 3.71. The molecule has 4 aromatic rings. The molecule has 0 unspecified atom stereocenters. The van der Waals surface area contributed by atoms with Crippen molar-refractivity contribution in [1.82, 2.24) is 25.1 Å². The van der Waals surface area contributed by atoms with E-state index in [1.165, 1.54) is 11.2 Å². The highest BCUT2D eigenvalue weighted by molar-refractivity contribution is 5.90. The second-order valence-corrected chi connectivity index (χ2v) is 8.36. The summed E-state index contributed by atoms with van der Waals surface area (Å²) < 4.78 is 26.8. The molecule has 1 atom stereocenters. The van der Waals surface area contributed by atoms with Crippen molar-refractivity contribution >= 4 is 16.9 Å². The van der Waals surface area contributed by atoms with Crippen molar-refractivity contribution in [2.24, 2.45) is 0 Å². The van der Waals surface area contributed by atoms with Gasteiger partial charge in [0, 0.05) is 24.1 Å². The first kappa shape index (κ1) is 18.5. The Morgan fingerprint density at radius 2 is 2.03 bits per heavy atom. The molecule has 1 aliphatic heterocycles. The number of aromatic amines is 1. The first-order valence-electron chi connectivity index (χ1n) is 9.68. The minimum absolute atomic E-state index is 0.0353. The number of hydrogen-bond acceptors (Lipinski definition) is 6. The lowest BCUT2D eigenvalue weighted by Crippen LogP contribution is -2.41. The molecule has 0 aliphatic carbocycles.